The number of hydrogen-bond acceptors (Lipinski definition) is 5. The van der Waals surface area contributed by atoms with Crippen molar-refractivity contribution in [3.05, 3.63) is 23.9 Å². The van der Waals surface area contributed by atoms with E-state index in [0.29, 0.717) is 11.6 Å². The van der Waals surface area contributed by atoms with E-state index in [1.807, 2.05) is 0 Å². The number of carbonyl (C=O) groups is 1. The maximum absolute atomic E-state index is 11.0. The highest BCUT2D eigenvalue weighted by Crippen LogP contribution is 2.15. The summed E-state index contributed by atoms with van der Waals surface area (Å²) < 4.78 is 9.47. The predicted molar refractivity (Wildman–Crippen MR) is 54.4 cm³/mol. The standard InChI is InChI=1S/C10H14N2O3/c1-14-9-5-3-4-8(12-9)7(11)6-10(13)15-2/h3-5,7H,6,11H2,1-2H3/t7-/m0/s1. The van der Waals surface area contributed by atoms with Gasteiger partial charge in [0, 0.05) is 6.07 Å². The van der Waals surface area contributed by atoms with Crippen molar-refractivity contribution in [1.82, 2.24) is 4.98 Å². The van der Waals surface area contributed by atoms with Gasteiger partial charge < -0.3 is 15.2 Å². The monoisotopic (exact) mass is 210 g/mol. The van der Waals surface area contributed by atoms with Crippen molar-refractivity contribution < 1.29 is 14.3 Å². The first kappa shape index (κ1) is 11.5. The molecule has 0 aliphatic carbocycles. The third kappa shape index (κ3) is 3.21. The smallest absolute Gasteiger partial charge is 0.307 e. The van der Waals surface area contributed by atoms with E-state index in [9.17, 15) is 4.79 Å². The lowest BCUT2D eigenvalue weighted by atomic mass is 10.1. The summed E-state index contributed by atoms with van der Waals surface area (Å²) in [6, 6.07) is 4.77. The average molecular weight is 210 g/mol. The topological polar surface area (TPSA) is 74.4 Å². The molecule has 5 heteroatoms. The van der Waals surface area contributed by atoms with Crippen LogP contribution in [-0.2, 0) is 9.53 Å². The SMILES string of the molecule is COC(=O)C[C@H](N)c1cccc(OC)n1. The van der Waals surface area contributed by atoms with Crippen molar-refractivity contribution in [1.29, 1.82) is 0 Å². The second kappa shape index (κ2) is 5.31. The third-order valence-corrected chi connectivity index (χ3v) is 1.95. The van der Waals surface area contributed by atoms with Gasteiger partial charge in [-0.2, -0.15) is 0 Å². The molecule has 0 aliphatic heterocycles. The van der Waals surface area contributed by atoms with E-state index in [4.69, 9.17) is 10.5 Å². The van der Waals surface area contributed by atoms with Crippen molar-refractivity contribution in [3.63, 3.8) is 0 Å². The highest BCUT2D eigenvalue weighted by molar-refractivity contribution is 5.70. The molecule has 2 N–H and O–H groups in total. The summed E-state index contributed by atoms with van der Waals surface area (Å²) in [5.74, 6) is 0.125. The zero-order valence-corrected chi connectivity index (χ0v) is 8.77. The molecule has 0 bridgehead atoms. The fraction of sp³-hybridized carbons (Fsp3) is 0.400. The van der Waals surface area contributed by atoms with Gasteiger partial charge in [-0.15, -0.1) is 0 Å². The number of aromatic nitrogens is 1. The maximum atomic E-state index is 11.0. The zero-order chi connectivity index (χ0) is 11.3. The van der Waals surface area contributed by atoms with Gasteiger partial charge in [0.2, 0.25) is 5.88 Å². The van der Waals surface area contributed by atoms with Crippen LogP contribution in [0.2, 0.25) is 0 Å². The van der Waals surface area contributed by atoms with Gasteiger partial charge >= 0.3 is 5.97 Å². The lowest BCUT2D eigenvalue weighted by Crippen LogP contribution is -2.17. The Morgan fingerprint density at radius 2 is 2.27 bits per heavy atom. The highest BCUT2D eigenvalue weighted by Gasteiger charge is 2.13. The lowest BCUT2D eigenvalue weighted by molar-refractivity contribution is -0.141. The van der Waals surface area contributed by atoms with E-state index >= 15 is 0 Å². The van der Waals surface area contributed by atoms with Crippen molar-refractivity contribution >= 4 is 5.97 Å². The lowest BCUT2D eigenvalue weighted by Gasteiger charge is -2.10. The minimum atomic E-state index is -0.465. The number of esters is 1. The fourth-order valence-corrected chi connectivity index (χ4v) is 1.12. The molecule has 0 radical (unpaired) electrons. The molecule has 1 heterocycles. The Bertz CT molecular complexity index is 341. The summed E-state index contributed by atoms with van der Waals surface area (Å²) in [6.45, 7) is 0. The zero-order valence-electron chi connectivity index (χ0n) is 8.77. The van der Waals surface area contributed by atoms with Gasteiger partial charge in [-0.05, 0) is 6.07 Å². The van der Waals surface area contributed by atoms with Crippen LogP contribution >= 0.6 is 0 Å². The molecule has 0 aromatic carbocycles. The molecular weight excluding hydrogens is 196 g/mol. The van der Waals surface area contributed by atoms with Crippen LogP contribution in [0.4, 0.5) is 0 Å². The molecule has 0 fully saturated rings. The molecule has 15 heavy (non-hydrogen) atoms. The number of rotatable bonds is 4. The molecule has 0 saturated carbocycles. The molecular formula is C10H14N2O3. The van der Waals surface area contributed by atoms with Crippen LogP contribution in [0.15, 0.2) is 18.2 Å². The van der Waals surface area contributed by atoms with Crippen molar-refractivity contribution in [2.45, 2.75) is 12.5 Å². The Morgan fingerprint density at radius 3 is 2.87 bits per heavy atom. The Hall–Kier alpha value is -1.62. The number of nitrogens with two attached hydrogens (primary N) is 1. The summed E-state index contributed by atoms with van der Waals surface area (Å²) >= 11 is 0. The number of nitrogens with zero attached hydrogens (tertiary/aromatic N) is 1. The first-order valence-corrected chi connectivity index (χ1v) is 4.50. The van der Waals surface area contributed by atoms with Crippen molar-refractivity contribution in [3.8, 4) is 5.88 Å². The second-order valence-electron chi connectivity index (χ2n) is 2.99. The summed E-state index contributed by atoms with van der Waals surface area (Å²) in [6.07, 6.45) is 0.108. The van der Waals surface area contributed by atoms with Gasteiger partial charge in [0.1, 0.15) is 0 Å². The van der Waals surface area contributed by atoms with Crippen molar-refractivity contribution in [2.24, 2.45) is 5.73 Å². The van der Waals surface area contributed by atoms with E-state index in [1.54, 1.807) is 18.2 Å². The van der Waals surface area contributed by atoms with E-state index in [1.165, 1.54) is 14.2 Å². The van der Waals surface area contributed by atoms with Gasteiger partial charge in [-0.3, -0.25) is 4.79 Å². The van der Waals surface area contributed by atoms with Gasteiger partial charge in [0.05, 0.1) is 32.4 Å². The minimum Gasteiger partial charge on any atom is -0.481 e. The van der Waals surface area contributed by atoms with Crippen LogP contribution in [-0.4, -0.2) is 25.2 Å². The second-order valence-corrected chi connectivity index (χ2v) is 2.99. The molecule has 1 atom stereocenters. The normalized spacial score (nSPS) is 11.9. The quantitative estimate of drug-likeness (QED) is 0.738. The van der Waals surface area contributed by atoms with E-state index in [2.05, 4.69) is 9.72 Å². The molecule has 0 spiro atoms. The van der Waals surface area contributed by atoms with Crippen LogP contribution in [0.1, 0.15) is 18.2 Å². The molecule has 0 aliphatic rings. The summed E-state index contributed by atoms with van der Waals surface area (Å²) in [4.78, 5) is 15.1. The largest absolute Gasteiger partial charge is 0.481 e. The summed E-state index contributed by atoms with van der Waals surface area (Å²) in [5, 5.41) is 0. The molecule has 1 aromatic rings. The third-order valence-electron chi connectivity index (χ3n) is 1.95. The summed E-state index contributed by atoms with van der Waals surface area (Å²) in [7, 11) is 2.85. The van der Waals surface area contributed by atoms with Crippen LogP contribution in [0.25, 0.3) is 0 Å². The maximum Gasteiger partial charge on any atom is 0.307 e. The van der Waals surface area contributed by atoms with Crippen LogP contribution < -0.4 is 10.5 Å². The molecule has 0 unspecified atom stereocenters. The number of pyridine rings is 1. The Balaban J connectivity index is 2.72. The number of ether oxygens (including phenoxy) is 2. The fourth-order valence-electron chi connectivity index (χ4n) is 1.12. The molecule has 82 valence electrons. The minimum absolute atomic E-state index is 0.108. The van der Waals surface area contributed by atoms with Crippen LogP contribution in [0.5, 0.6) is 5.88 Å². The molecule has 0 amide bonds. The van der Waals surface area contributed by atoms with Crippen LogP contribution in [0, 0.1) is 0 Å². The predicted octanol–water partition coefficient (Wildman–Crippen LogP) is 0.653. The van der Waals surface area contributed by atoms with E-state index in [0.717, 1.165) is 0 Å². The van der Waals surface area contributed by atoms with Gasteiger partial charge in [0.25, 0.3) is 0 Å². The molecule has 1 rings (SSSR count). The Morgan fingerprint density at radius 1 is 1.53 bits per heavy atom. The van der Waals surface area contributed by atoms with Gasteiger partial charge in [-0.1, -0.05) is 6.07 Å². The van der Waals surface area contributed by atoms with E-state index < -0.39 is 6.04 Å². The first-order chi connectivity index (χ1) is 7.17. The molecule has 5 nitrogen and oxygen atoms in total. The number of carbonyl (C=O) groups excluding carboxylic acids is 1. The van der Waals surface area contributed by atoms with Crippen molar-refractivity contribution in [2.75, 3.05) is 14.2 Å². The Kier molecular flexibility index (Phi) is 4.05. The van der Waals surface area contributed by atoms with E-state index in [-0.39, 0.29) is 12.4 Å². The van der Waals surface area contributed by atoms with Gasteiger partial charge in [0.15, 0.2) is 0 Å². The van der Waals surface area contributed by atoms with Gasteiger partial charge in [-0.25, -0.2) is 4.98 Å². The average Bonchev–Trinajstić information content (AvgIpc) is 2.28. The first-order valence-electron chi connectivity index (χ1n) is 4.50. The Labute approximate surface area is 88.2 Å². The van der Waals surface area contributed by atoms with Crippen LogP contribution in [0.3, 0.4) is 0 Å². The number of hydrogen-bond donors (Lipinski definition) is 1. The molecule has 1 aromatic heterocycles. The number of methoxy groups -OCH3 is 2. The summed E-state index contributed by atoms with van der Waals surface area (Å²) in [5.41, 5.74) is 6.39. The highest BCUT2D eigenvalue weighted by atomic mass is 16.5. The molecule has 0 saturated heterocycles.